The molecule has 0 atom stereocenters. The van der Waals surface area contributed by atoms with Crippen LogP contribution in [0.15, 0.2) is 54.6 Å². The Kier molecular flexibility index (Phi) is 7.57. The molecular formula is C21H26ClN3O3. The standard InChI is InChI=1S/C21H25N3O3.ClH/c1-24(18-9-4-3-5-10-18)19(25)16-7-6-8-17(15-16)23-20(26)21(27-2)11-13-22-14-12-21;/h3-10,15,22H,11-14H2,1-2H3,(H,23,26);1H. The zero-order chi connectivity index (χ0) is 19.3. The number of amides is 2. The Labute approximate surface area is 171 Å². The van der Waals surface area contributed by atoms with Gasteiger partial charge in [0.1, 0.15) is 5.60 Å². The first-order valence-corrected chi connectivity index (χ1v) is 9.06. The summed E-state index contributed by atoms with van der Waals surface area (Å²) < 4.78 is 5.56. The van der Waals surface area contributed by atoms with E-state index in [1.807, 2.05) is 30.3 Å². The Morgan fingerprint density at radius 1 is 1.07 bits per heavy atom. The van der Waals surface area contributed by atoms with Crippen molar-refractivity contribution in [2.45, 2.75) is 18.4 Å². The molecule has 3 rings (SSSR count). The van der Waals surface area contributed by atoms with Crippen molar-refractivity contribution in [1.82, 2.24) is 5.32 Å². The van der Waals surface area contributed by atoms with Crippen LogP contribution in [0.25, 0.3) is 0 Å². The van der Waals surface area contributed by atoms with Gasteiger partial charge in [-0.15, -0.1) is 12.4 Å². The smallest absolute Gasteiger partial charge is 0.258 e. The number of nitrogens with zero attached hydrogens (tertiary/aromatic N) is 1. The summed E-state index contributed by atoms with van der Waals surface area (Å²) >= 11 is 0. The van der Waals surface area contributed by atoms with Gasteiger partial charge in [0.05, 0.1) is 0 Å². The summed E-state index contributed by atoms with van der Waals surface area (Å²) in [6, 6.07) is 16.4. The van der Waals surface area contributed by atoms with Gasteiger partial charge in [0.2, 0.25) is 0 Å². The lowest BCUT2D eigenvalue weighted by Crippen LogP contribution is -2.51. The van der Waals surface area contributed by atoms with Crippen molar-refractivity contribution in [3.63, 3.8) is 0 Å². The topological polar surface area (TPSA) is 70.7 Å². The Morgan fingerprint density at radius 3 is 2.39 bits per heavy atom. The fraction of sp³-hybridized carbons (Fsp3) is 0.333. The van der Waals surface area contributed by atoms with Crippen LogP contribution in [-0.2, 0) is 9.53 Å². The number of piperidine rings is 1. The Morgan fingerprint density at radius 2 is 1.75 bits per heavy atom. The predicted molar refractivity (Wildman–Crippen MR) is 113 cm³/mol. The molecule has 150 valence electrons. The summed E-state index contributed by atoms with van der Waals surface area (Å²) in [6.45, 7) is 1.48. The molecule has 1 heterocycles. The van der Waals surface area contributed by atoms with E-state index < -0.39 is 5.60 Å². The molecule has 2 aromatic carbocycles. The fourth-order valence-electron chi connectivity index (χ4n) is 3.29. The van der Waals surface area contributed by atoms with E-state index in [0.29, 0.717) is 24.1 Å². The fourth-order valence-corrected chi connectivity index (χ4v) is 3.29. The average Bonchev–Trinajstić information content (AvgIpc) is 2.74. The van der Waals surface area contributed by atoms with E-state index in [9.17, 15) is 9.59 Å². The van der Waals surface area contributed by atoms with Gasteiger partial charge < -0.3 is 20.3 Å². The normalized spacial score (nSPS) is 15.2. The second-order valence-electron chi connectivity index (χ2n) is 6.68. The van der Waals surface area contributed by atoms with Gasteiger partial charge >= 0.3 is 0 Å². The first kappa shape index (κ1) is 21.9. The van der Waals surface area contributed by atoms with Gasteiger partial charge in [-0.3, -0.25) is 9.59 Å². The van der Waals surface area contributed by atoms with Crippen LogP contribution in [0, 0.1) is 0 Å². The van der Waals surface area contributed by atoms with Gasteiger partial charge in [-0.2, -0.15) is 0 Å². The number of benzene rings is 2. The maximum absolute atomic E-state index is 12.8. The molecule has 1 aliphatic heterocycles. The molecule has 2 aromatic rings. The third-order valence-corrected chi connectivity index (χ3v) is 5.03. The molecule has 0 radical (unpaired) electrons. The van der Waals surface area contributed by atoms with Crippen LogP contribution in [0.1, 0.15) is 23.2 Å². The summed E-state index contributed by atoms with van der Waals surface area (Å²) in [6.07, 6.45) is 1.23. The summed E-state index contributed by atoms with van der Waals surface area (Å²) in [5.74, 6) is -0.312. The van der Waals surface area contributed by atoms with Crippen LogP contribution in [0.3, 0.4) is 0 Å². The van der Waals surface area contributed by atoms with Crippen molar-refractivity contribution >= 4 is 35.6 Å². The second kappa shape index (κ2) is 9.68. The molecule has 0 bridgehead atoms. The lowest BCUT2D eigenvalue weighted by molar-refractivity contribution is -0.140. The van der Waals surface area contributed by atoms with E-state index >= 15 is 0 Å². The van der Waals surface area contributed by atoms with Gasteiger partial charge in [-0.05, 0) is 56.3 Å². The van der Waals surface area contributed by atoms with Crippen molar-refractivity contribution in [1.29, 1.82) is 0 Å². The van der Waals surface area contributed by atoms with Crippen LogP contribution in [0.4, 0.5) is 11.4 Å². The quantitative estimate of drug-likeness (QED) is 0.804. The summed E-state index contributed by atoms with van der Waals surface area (Å²) in [7, 11) is 3.30. The predicted octanol–water partition coefficient (Wildman–Crippen LogP) is 3.09. The first-order chi connectivity index (χ1) is 13.1. The summed E-state index contributed by atoms with van der Waals surface area (Å²) in [4.78, 5) is 27.2. The maximum Gasteiger partial charge on any atom is 0.258 e. The minimum Gasteiger partial charge on any atom is -0.368 e. The number of rotatable bonds is 5. The van der Waals surface area contributed by atoms with Crippen molar-refractivity contribution in [2.75, 3.05) is 37.5 Å². The number of carbonyl (C=O) groups excluding carboxylic acids is 2. The first-order valence-electron chi connectivity index (χ1n) is 9.06. The van der Waals surface area contributed by atoms with Crippen molar-refractivity contribution in [2.24, 2.45) is 0 Å². The molecular weight excluding hydrogens is 378 g/mol. The number of hydrogen-bond acceptors (Lipinski definition) is 4. The molecule has 1 fully saturated rings. The molecule has 0 spiro atoms. The van der Waals surface area contributed by atoms with E-state index in [0.717, 1.165) is 18.8 Å². The van der Waals surface area contributed by atoms with Gasteiger partial charge in [0.25, 0.3) is 11.8 Å². The molecule has 0 saturated carbocycles. The molecule has 7 heteroatoms. The molecule has 0 unspecified atom stereocenters. The zero-order valence-electron chi connectivity index (χ0n) is 16.1. The minimum atomic E-state index is -0.827. The van der Waals surface area contributed by atoms with Crippen LogP contribution in [-0.4, -0.2) is 44.7 Å². The SMILES string of the molecule is COC1(C(=O)Nc2cccc(C(=O)N(C)c3ccccc3)c2)CCNCC1.Cl. The number of ether oxygens (including phenoxy) is 1. The van der Waals surface area contributed by atoms with Gasteiger partial charge in [-0.25, -0.2) is 0 Å². The highest BCUT2D eigenvalue weighted by atomic mass is 35.5. The highest BCUT2D eigenvalue weighted by Gasteiger charge is 2.39. The average molecular weight is 404 g/mol. The van der Waals surface area contributed by atoms with E-state index in [4.69, 9.17) is 4.74 Å². The second-order valence-corrected chi connectivity index (χ2v) is 6.68. The number of carbonyl (C=O) groups is 2. The van der Waals surface area contributed by atoms with Crippen LogP contribution < -0.4 is 15.5 Å². The number of halogens is 1. The minimum absolute atomic E-state index is 0. The third kappa shape index (κ3) is 4.70. The van der Waals surface area contributed by atoms with Gasteiger partial charge in [0.15, 0.2) is 0 Å². The number of nitrogens with one attached hydrogen (secondary N) is 2. The van der Waals surface area contributed by atoms with E-state index in [-0.39, 0.29) is 24.2 Å². The monoisotopic (exact) mass is 403 g/mol. The molecule has 1 saturated heterocycles. The van der Waals surface area contributed by atoms with Crippen molar-refractivity contribution in [3.05, 3.63) is 60.2 Å². The molecule has 0 aliphatic carbocycles. The van der Waals surface area contributed by atoms with E-state index in [1.54, 1.807) is 43.3 Å². The van der Waals surface area contributed by atoms with E-state index in [2.05, 4.69) is 10.6 Å². The Hall–Kier alpha value is -2.41. The number of anilines is 2. The largest absolute Gasteiger partial charge is 0.368 e. The highest BCUT2D eigenvalue weighted by molar-refractivity contribution is 6.07. The van der Waals surface area contributed by atoms with Crippen LogP contribution in [0.5, 0.6) is 0 Å². The number of methoxy groups -OCH3 is 1. The molecule has 28 heavy (non-hydrogen) atoms. The van der Waals surface area contributed by atoms with Gasteiger partial charge in [-0.1, -0.05) is 24.3 Å². The highest BCUT2D eigenvalue weighted by Crippen LogP contribution is 2.25. The molecule has 2 N–H and O–H groups in total. The third-order valence-electron chi connectivity index (χ3n) is 5.03. The Balaban J connectivity index is 0.00000280. The van der Waals surface area contributed by atoms with E-state index in [1.165, 1.54) is 0 Å². The summed E-state index contributed by atoms with van der Waals surface area (Å²) in [5, 5.41) is 6.15. The van der Waals surface area contributed by atoms with Crippen LogP contribution >= 0.6 is 12.4 Å². The Bertz CT molecular complexity index is 808. The molecule has 1 aliphatic rings. The lowest BCUT2D eigenvalue weighted by Gasteiger charge is -2.34. The number of para-hydroxylation sites is 1. The maximum atomic E-state index is 12.8. The van der Waals surface area contributed by atoms with Crippen molar-refractivity contribution < 1.29 is 14.3 Å². The molecule has 0 aromatic heterocycles. The van der Waals surface area contributed by atoms with Gasteiger partial charge in [0, 0.05) is 31.1 Å². The zero-order valence-corrected chi connectivity index (χ0v) is 16.9. The molecule has 6 nitrogen and oxygen atoms in total. The number of hydrogen-bond donors (Lipinski definition) is 2. The van der Waals surface area contributed by atoms with Crippen molar-refractivity contribution in [3.8, 4) is 0 Å². The lowest BCUT2D eigenvalue weighted by atomic mass is 9.91. The van der Waals surface area contributed by atoms with Crippen LogP contribution in [0.2, 0.25) is 0 Å². The summed E-state index contributed by atoms with van der Waals surface area (Å²) in [5.41, 5.74) is 1.08. The molecule has 2 amide bonds.